The highest BCUT2D eigenvalue weighted by atomic mass is 15.4. The van der Waals surface area contributed by atoms with Gasteiger partial charge in [-0.15, -0.1) is 15.3 Å². The van der Waals surface area contributed by atoms with Crippen LogP contribution in [0.3, 0.4) is 0 Å². The van der Waals surface area contributed by atoms with Gasteiger partial charge in [0.2, 0.25) is 0 Å². The molecule has 0 radical (unpaired) electrons. The number of nitrogens with one attached hydrogen (secondary N) is 1. The molecule has 2 heterocycles. The number of anilines is 1. The highest BCUT2D eigenvalue weighted by Gasteiger charge is 2.29. The van der Waals surface area contributed by atoms with Crippen LogP contribution in [0.25, 0.3) is 5.65 Å². The molecule has 0 amide bonds. The second-order valence-electron chi connectivity index (χ2n) is 6.17. The molecule has 5 heteroatoms. The van der Waals surface area contributed by atoms with E-state index < -0.39 is 0 Å². The lowest BCUT2D eigenvalue weighted by Gasteiger charge is -2.07. The number of fused-ring (bicyclic) bond motifs is 1. The number of nitrogens with zero attached hydrogens (tertiary/aromatic N) is 4. The fraction of sp³-hybridized carbons (Fsp3) is 0.389. The molecule has 1 saturated carbocycles. The van der Waals surface area contributed by atoms with E-state index >= 15 is 0 Å². The van der Waals surface area contributed by atoms with Crippen molar-refractivity contribution in [2.45, 2.75) is 38.5 Å². The maximum atomic E-state index is 4.64. The number of hydrogen-bond acceptors (Lipinski definition) is 4. The molecule has 1 aliphatic carbocycles. The molecular weight excluding hydrogens is 286 g/mol. The zero-order valence-electron chi connectivity index (χ0n) is 13.4. The highest BCUT2D eigenvalue weighted by Crippen LogP contribution is 2.38. The Morgan fingerprint density at radius 2 is 1.83 bits per heavy atom. The molecule has 1 aromatic carbocycles. The fourth-order valence-corrected chi connectivity index (χ4v) is 2.77. The van der Waals surface area contributed by atoms with Crippen LogP contribution >= 0.6 is 0 Å². The molecule has 23 heavy (non-hydrogen) atoms. The van der Waals surface area contributed by atoms with Crippen LogP contribution in [0.4, 0.5) is 5.82 Å². The summed E-state index contributed by atoms with van der Waals surface area (Å²) in [7, 11) is 0. The molecule has 0 bridgehead atoms. The molecule has 1 fully saturated rings. The van der Waals surface area contributed by atoms with Crippen LogP contribution in [-0.4, -0.2) is 26.4 Å². The van der Waals surface area contributed by atoms with Gasteiger partial charge in [-0.1, -0.05) is 31.2 Å². The standard InChI is InChI=1S/C18H21N5/c1-2-13-3-5-14(6-4-13)11-12-19-16-9-10-17-20-21-18(15-7-8-15)23(17)22-16/h3-6,9-10,15H,2,7-8,11-12H2,1H3,(H,19,22). The summed E-state index contributed by atoms with van der Waals surface area (Å²) >= 11 is 0. The van der Waals surface area contributed by atoms with Gasteiger partial charge in [-0.05, 0) is 48.9 Å². The third-order valence-corrected chi connectivity index (χ3v) is 4.38. The van der Waals surface area contributed by atoms with Gasteiger partial charge in [-0.3, -0.25) is 0 Å². The minimum Gasteiger partial charge on any atom is -0.368 e. The molecule has 2 aromatic heterocycles. The summed E-state index contributed by atoms with van der Waals surface area (Å²) in [5.41, 5.74) is 3.56. The first-order valence-electron chi connectivity index (χ1n) is 8.37. The van der Waals surface area contributed by atoms with Crippen LogP contribution in [-0.2, 0) is 12.8 Å². The average Bonchev–Trinajstić information content (AvgIpc) is 3.35. The summed E-state index contributed by atoms with van der Waals surface area (Å²) in [4.78, 5) is 0. The molecule has 0 unspecified atom stereocenters. The molecule has 1 aliphatic rings. The summed E-state index contributed by atoms with van der Waals surface area (Å²) in [6, 6.07) is 12.8. The third-order valence-electron chi connectivity index (χ3n) is 4.38. The van der Waals surface area contributed by atoms with E-state index in [1.54, 1.807) is 0 Å². The Hall–Kier alpha value is -2.43. The van der Waals surface area contributed by atoms with Crippen LogP contribution in [0.15, 0.2) is 36.4 Å². The van der Waals surface area contributed by atoms with Crippen LogP contribution in [0.5, 0.6) is 0 Å². The molecule has 0 aliphatic heterocycles. The fourth-order valence-electron chi connectivity index (χ4n) is 2.77. The maximum Gasteiger partial charge on any atom is 0.178 e. The van der Waals surface area contributed by atoms with Gasteiger partial charge >= 0.3 is 0 Å². The zero-order valence-corrected chi connectivity index (χ0v) is 13.4. The van der Waals surface area contributed by atoms with E-state index in [9.17, 15) is 0 Å². The van der Waals surface area contributed by atoms with Crippen molar-refractivity contribution in [2.24, 2.45) is 0 Å². The van der Waals surface area contributed by atoms with Crippen molar-refractivity contribution in [2.75, 3.05) is 11.9 Å². The van der Waals surface area contributed by atoms with Gasteiger partial charge < -0.3 is 5.32 Å². The lowest BCUT2D eigenvalue weighted by molar-refractivity contribution is 0.813. The van der Waals surface area contributed by atoms with Gasteiger partial charge in [0.05, 0.1) is 0 Å². The molecule has 3 aromatic rings. The Kier molecular flexibility index (Phi) is 3.69. The van der Waals surface area contributed by atoms with E-state index in [1.165, 1.54) is 24.0 Å². The first-order chi connectivity index (χ1) is 11.3. The number of rotatable bonds is 6. The van der Waals surface area contributed by atoms with Gasteiger partial charge in [-0.25, -0.2) is 0 Å². The summed E-state index contributed by atoms with van der Waals surface area (Å²) in [6.07, 6.45) is 4.48. The first-order valence-corrected chi connectivity index (χ1v) is 8.37. The Morgan fingerprint density at radius 1 is 1.04 bits per heavy atom. The van der Waals surface area contributed by atoms with Gasteiger partial charge in [0.1, 0.15) is 5.82 Å². The van der Waals surface area contributed by atoms with Crippen molar-refractivity contribution in [1.29, 1.82) is 0 Å². The minimum absolute atomic E-state index is 0.546. The van der Waals surface area contributed by atoms with Crippen molar-refractivity contribution in [1.82, 2.24) is 19.8 Å². The normalized spacial score (nSPS) is 14.3. The molecule has 0 atom stereocenters. The Bertz CT molecular complexity index is 802. The Morgan fingerprint density at radius 3 is 2.57 bits per heavy atom. The van der Waals surface area contributed by atoms with Crippen LogP contribution in [0, 0.1) is 0 Å². The van der Waals surface area contributed by atoms with Gasteiger partial charge in [0.25, 0.3) is 0 Å². The smallest absolute Gasteiger partial charge is 0.178 e. The molecule has 5 nitrogen and oxygen atoms in total. The molecule has 0 spiro atoms. The molecule has 118 valence electrons. The van der Waals surface area contributed by atoms with Crippen molar-refractivity contribution in [3.05, 3.63) is 53.3 Å². The quantitative estimate of drug-likeness (QED) is 0.759. The number of benzene rings is 1. The summed E-state index contributed by atoms with van der Waals surface area (Å²) in [6.45, 7) is 3.05. The number of hydrogen-bond donors (Lipinski definition) is 1. The molecule has 1 N–H and O–H groups in total. The monoisotopic (exact) mass is 307 g/mol. The van der Waals surface area contributed by atoms with Crippen molar-refractivity contribution >= 4 is 11.5 Å². The lowest BCUT2D eigenvalue weighted by Crippen LogP contribution is -2.08. The maximum absolute atomic E-state index is 4.64. The van der Waals surface area contributed by atoms with Crippen LogP contribution < -0.4 is 5.32 Å². The predicted molar refractivity (Wildman–Crippen MR) is 90.8 cm³/mol. The summed E-state index contributed by atoms with van der Waals surface area (Å²) < 4.78 is 1.88. The topological polar surface area (TPSA) is 55.1 Å². The van der Waals surface area contributed by atoms with Crippen molar-refractivity contribution in [3.8, 4) is 0 Å². The average molecular weight is 307 g/mol. The SMILES string of the molecule is CCc1ccc(CCNc2ccc3nnc(C4CC4)n3n2)cc1. The van der Waals surface area contributed by atoms with E-state index in [4.69, 9.17) is 0 Å². The second-order valence-corrected chi connectivity index (χ2v) is 6.17. The molecular formula is C18H21N5. The van der Waals surface area contributed by atoms with E-state index in [2.05, 4.69) is 51.8 Å². The van der Waals surface area contributed by atoms with Crippen molar-refractivity contribution < 1.29 is 0 Å². The minimum atomic E-state index is 0.546. The van der Waals surface area contributed by atoms with E-state index in [0.29, 0.717) is 5.92 Å². The largest absolute Gasteiger partial charge is 0.368 e. The number of aryl methyl sites for hydroxylation is 1. The van der Waals surface area contributed by atoms with E-state index in [0.717, 1.165) is 36.7 Å². The zero-order chi connectivity index (χ0) is 15.6. The summed E-state index contributed by atoms with van der Waals surface area (Å²) in [5.74, 6) is 2.42. The van der Waals surface area contributed by atoms with Gasteiger partial charge in [-0.2, -0.15) is 4.52 Å². The van der Waals surface area contributed by atoms with E-state index in [-0.39, 0.29) is 0 Å². The Labute approximate surface area is 135 Å². The van der Waals surface area contributed by atoms with E-state index in [1.807, 2.05) is 16.6 Å². The highest BCUT2D eigenvalue weighted by molar-refractivity contribution is 5.44. The first kappa shape index (κ1) is 14.2. The van der Waals surface area contributed by atoms with Crippen LogP contribution in [0.2, 0.25) is 0 Å². The molecule has 4 rings (SSSR count). The number of aromatic nitrogens is 4. The summed E-state index contributed by atoms with van der Waals surface area (Å²) in [5, 5.41) is 16.5. The third kappa shape index (κ3) is 3.04. The van der Waals surface area contributed by atoms with Gasteiger partial charge in [0, 0.05) is 12.5 Å². The van der Waals surface area contributed by atoms with Crippen molar-refractivity contribution in [3.63, 3.8) is 0 Å². The molecule has 0 saturated heterocycles. The Balaban J connectivity index is 1.42. The predicted octanol–water partition coefficient (Wildman–Crippen LogP) is 3.22. The lowest BCUT2D eigenvalue weighted by atomic mass is 10.1. The van der Waals surface area contributed by atoms with Gasteiger partial charge in [0.15, 0.2) is 11.5 Å². The van der Waals surface area contributed by atoms with Crippen LogP contribution in [0.1, 0.15) is 42.6 Å². The second kappa shape index (κ2) is 5.99.